The molecule has 1 unspecified atom stereocenters. The molecule has 0 bridgehead atoms. The Labute approximate surface area is 188 Å². The molecule has 0 saturated carbocycles. The first-order valence-corrected chi connectivity index (χ1v) is 11.8. The van der Waals surface area contributed by atoms with Gasteiger partial charge in [0.2, 0.25) is 10.0 Å². The van der Waals surface area contributed by atoms with E-state index < -0.39 is 27.9 Å². The van der Waals surface area contributed by atoms with Crippen LogP contribution in [-0.4, -0.2) is 51.2 Å². The third-order valence-electron chi connectivity index (χ3n) is 5.60. The van der Waals surface area contributed by atoms with Gasteiger partial charge >= 0.3 is 12.1 Å². The highest BCUT2D eigenvalue weighted by molar-refractivity contribution is 7.88. The third kappa shape index (κ3) is 4.41. The van der Waals surface area contributed by atoms with Crippen LogP contribution >= 0.6 is 0 Å². The summed E-state index contributed by atoms with van der Waals surface area (Å²) in [7, 11) is -1.88. The first-order valence-electron chi connectivity index (χ1n) is 9.95. The molecule has 174 valence electrons. The van der Waals surface area contributed by atoms with Crippen molar-refractivity contribution in [2.75, 3.05) is 26.5 Å². The Morgan fingerprint density at radius 2 is 1.91 bits per heavy atom. The summed E-state index contributed by atoms with van der Waals surface area (Å²) in [5, 5.41) is 0.305. The van der Waals surface area contributed by atoms with E-state index in [4.69, 9.17) is 14.9 Å². The van der Waals surface area contributed by atoms with Crippen molar-refractivity contribution in [3.63, 3.8) is 0 Å². The first kappa shape index (κ1) is 22.7. The highest BCUT2D eigenvalue weighted by Crippen LogP contribution is 2.41. The van der Waals surface area contributed by atoms with Gasteiger partial charge < -0.3 is 19.6 Å². The molecule has 2 aromatic carbocycles. The summed E-state index contributed by atoms with van der Waals surface area (Å²) in [6.45, 7) is 0.655. The number of methoxy groups -OCH3 is 1. The molecule has 1 aliphatic rings. The lowest BCUT2D eigenvalue weighted by Gasteiger charge is -2.16. The van der Waals surface area contributed by atoms with Crippen LogP contribution in [0.4, 0.5) is 9.18 Å². The van der Waals surface area contributed by atoms with Gasteiger partial charge in [0, 0.05) is 35.5 Å². The number of fused-ring (bicyclic) bond motifs is 1. The number of rotatable bonds is 5. The molecule has 0 aliphatic carbocycles. The molecule has 11 heteroatoms. The summed E-state index contributed by atoms with van der Waals surface area (Å²) in [5.41, 5.74) is 6.34. The Balaban J connectivity index is 1.87. The predicted molar refractivity (Wildman–Crippen MR) is 117 cm³/mol. The highest BCUT2D eigenvalue weighted by atomic mass is 32.2. The van der Waals surface area contributed by atoms with Gasteiger partial charge in [-0.3, -0.25) is 0 Å². The fourth-order valence-electron chi connectivity index (χ4n) is 4.07. The van der Waals surface area contributed by atoms with Crippen molar-refractivity contribution in [1.82, 2.24) is 4.31 Å². The summed E-state index contributed by atoms with van der Waals surface area (Å²) < 4.78 is 54.8. The maximum absolute atomic E-state index is 13.4. The number of amides is 1. The van der Waals surface area contributed by atoms with E-state index in [0.717, 1.165) is 6.26 Å². The summed E-state index contributed by atoms with van der Waals surface area (Å²) in [6, 6.07) is 8.51. The van der Waals surface area contributed by atoms with Crippen molar-refractivity contribution < 1.29 is 36.3 Å². The largest absolute Gasteiger partial charge is 0.496 e. The van der Waals surface area contributed by atoms with Crippen LogP contribution in [0.2, 0.25) is 0 Å². The van der Waals surface area contributed by atoms with Crippen molar-refractivity contribution in [1.29, 1.82) is 0 Å². The Morgan fingerprint density at radius 3 is 2.48 bits per heavy atom. The van der Waals surface area contributed by atoms with E-state index in [-0.39, 0.29) is 23.8 Å². The predicted octanol–water partition coefficient (Wildman–Crippen LogP) is 3.23. The maximum Gasteiger partial charge on any atom is 0.412 e. The van der Waals surface area contributed by atoms with Crippen LogP contribution in [0.1, 0.15) is 28.3 Å². The van der Waals surface area contributed by atoms with E-state index in [9.17, 15) is 22.4 Å². The SMILES string of the molecule is COc1cc2c(C(=O)OC(N)=O)c(-c3ccc(F)cc3)oc2cc1C1CCN(S(C)(=O)=O)C1. The topological polar surface area (TPSA) is 129 Å². The lowest BCUT2D eigenvalue weighted by molar-refractivity contribution is 0.0640. The summed E-state index contributed by atoms with van der Waals surface area (Å²) in [6.07, 6.45) is 0.458. The minimum atomic E-state index is -3.34. The number of nitrogens with two attached hydrogens (primary N) is 1. The van der Waals surface area contributed by atoms with Gasteiger partial charge in [-0.15, -0.1) is 0 Å². The molecule has 33 heavy (non-hydrogen) atoms. The van der Waals surface area contributed by atoms with Crippen molar-refractivity contribution >= 4 is 33.1 Å². The first-order chi connectivity index (χ1) is 15.6. The van der Waals surface area contributed by atoms with Crippen LogP contribution in [-0.2, 0) is 14.8 Å². The molecule has 1 saturated heterocycles. The second-order valence-corrected chi connectivity index (χ2v) is 9.70. The molecule has 1 aliphatic heterocycles. The van der Waals surface area contributed by atoms with E-state index >= 15 is 0 Å². The smallest absolute Gasteiger partial charge is 0.412 e. The average Bonchev–Trinajstić information content (AvgIpc) is 3.37. The van der Waals surface area contributed by atoms with Crippen molar-refractivity contribution in [3.05, 3.63) is 53.3 Å². The van der Waals surface area contributed by atoms with Crippen LogP contribution in [0.15, 0.2) is 40.8 Å². The van der Waals surface area contributed by atoms with Crippen molar-refractivity contribution in [3.8, 4) is 17.1 Å². The molecule has 1 amide bonds. The zero-order valence-electron chi connectivity index (χ0n) is 17.8. The molecule has 9 nitrogen and oxygen atoms in total. The number of hydrogen-bond donors (Lipinski definition) is 1. The minimum absolute atomic E-state index is 0.0653. The number of furan rings is 1. The second kappa shape index (κ2) is 8.49. The number of benzene rings is 2. The molecule has 1 aromatic heterocycles. The molecule has 4 rings (SSSR count). The fraction of sp³-hybridized carbons (Fsp3) is 0.273. The molecule has 2 heterocycles. The number of esters is 1. The average molecular weight is 476 g/mol. The molecule has 0 radical (unpaired) electrons. The Bertz CT molecular complexity index is 1350. The van der Waals surface area contributed by atoms with E-state index in [2.05, 4.69) is 4.74 Å². The molecule has 0 spiro atoms. The summed E-state index contributed by atoms with van der Waals surface area (Å²) >= 11 is 0. The van der Waals surface area contributed by atoms with Crippen LogP contribution in [0.25, 0.3) is 22.3 Å². The van der Waals surface area contributed by atoms with Crippen LogP contribution < -0.4 is 10.5 Å². The van der Waals surface area contributed by atoms with Gasteiger partial charge in [0.05, 0.1) is 13.4 Å². The molecule has 2 N–H and O–H groups in total. The molecular formula is C22H21FN2O7S. The van der Waals surface area contributed by atoms with Gasteiger partial charge in [0.25, 0.3) is 0 Å². The van der Waals surface area contributed by atoms with Gasteiger partial charge in [-0.05, 0) is 42.8 Å². The van der Waals surface area contributed by atoms with Gasteiger partial charge in [0.15, 0.2) is 0 Å². The van der Waals surface area contributed by atoms with Gasteiger partial charge in [0.1, 0.15) is 28.5 Å². The number of primary amides is 1. The van der Waals surface area contributed by atoms with E-state index in [1.165, 1.54) is 35.7 Å². The number of halogens is 1. The Morgan fingerprint density at radius 1 is 1.21 bits per heavy atom. The van der Waals surface area contributed by atoms with Crippen molar-refractivity contribution in [2.45, 2.75) is 12.3 Å². The number of ether oxygens (including phenoxy) is 2. The quantitative estimate of drug-likeness (QED) is 0.442. The van der Waals surface area contributed by atoms with Gasteiger partial charge in [-0.1, -0.05) is 0 Å². The molecule has 1 fully saturated rings. The lowest BCUT2D eigenvalue weighted by atomic mass is 9.95. The second-order valence-electron chi connectivity index (χ2n) is 7.72. The third-order valence-corrected chi connectivity index (χ3v) is 6.87. The zero-order valence-corrected chi connectivity index (χ0v) is 18.6. The number of carbonyl (C=O) groups excluding carboxylic acids is 2. The van der Waals surface area contributed by atoms with E-state index in [0.29, 0.717) is 40.8 Å². The number of hydrogen-bond acceptors (Lipinski definition) is 7. The summed E-state index contributed by atoms with van der Waals surface area (Å²) in [5.74, 6) is -1.17. The van der Waals surface area contributed by atoms with Crippen LogP contribution in [0.5, 0.6) is 5.75 Å². The van der Waals surface area contributed by atoms with Crippen LogP contribution in [0, 0.1) is 5.82 Å². The normalized spacial score (nSPS) is 16.8. The number of carbonyl (C=O) groups is 2. The fourth-order valence-corrected chi connectivity index (χ4v) is 4.96. The Hall–Kier alpha value is -3.44. The summed E-state index contributed by atoms with van der Waals surface area (Å²) in [4.78, 5) is 23.9. The van der Waals surface area contributed by atoms with Crippen molar-refractivity contribution in [2.24, 2.45) is 5.73 Å². The van der Waals surface area contributed by atoms with E-state index in [1.54, 1.807) is 12.1 Å². The molecular weight excluding hydrogens is 455 g/mol. The van der Waals surface area contributed by atoms with E-state index in [1.807, 2.05) is 0 Å². The maximum atomic E-state index is 13.4. The lowest BCUT2D eigenvalue weighted by Crippen LogP contribution is -2.27. The molecule has 3 aromatic rings. The standard InChI is InChI=1S/C22H21FN2O7S/c1-30-17-10-16-18(9-15(17)13-7-8-25(11-13)33(2,28)29)31-20(12-3-5-14(23)6-4-12)19(16)21(26)32-22(24)27/h3-6,9-10,13H,7-8,11H2,1-2H3,(H2,24,27). The minimum Gasteiger partial charge on any atom is -0.496 e. The van der Waals surface area contributed by atoms with Gasteiger partial charge in [-0.2, -0.15) is 0 Å². The number of sulfonamides is 1. The van der Waals surface area contributed by atoms with Gasteiger partial charge in [-0.25, -0.2) is 26.7 Å². The highest BCUT2D eigenvalue weighted by Gasteiger charge is 2.33. The molecule has 1 atom stereocenters. The Kier molecular flexibility index (Phi) is 5.85. The van der Waals surface area contributed by atoms with Crippen LogP contribution in [0.3, 0.4) is 0 Å². The number of nitrogens with zero attached hydrogens (tertiary/aromatic N) is 1. The zero-order chi connectivity index (χ0) is 23.9. The monoisotopic (exact) mass is 476 g/mol.